The molecule has 34 heavy (non-hydrogen) atoms. The molecule has 0 aliphatic carbocycles. The van der Waals surface area contributed by atoms with Crippen molar-refractivity contribution < 1.29 is 27.9 Å². The highest BCUT2D eigenvalue weighted by Gasteiger charge is 2.49. The summed E-state index contributed by atoms with van der Waals surface area (Å²) in [5, 5.41) is 7.12. The van der Waals surface area contributed by atoms with Crippen LogP contribution in [0.3, 0.4) is 0 Å². The van der Waals surface area contributed by atoms with Crippen molar-refractivity contribution in [3.05, 3.63) is 95.6 Å². The number of carbonyl (C=O) groups excluding carboxylic acids is 1. The Bertz CT molecular complexity index is 1240. The Kier molecular flexibility index (Phi) is 6.76. The van der Waals surface area contributed by atoms with E-state index in [9.17, 15) is 18.0 Å². The van der Waals surface area contributed by atoms with Gasteiger partial charge in [-0.3, -0.25) is 9.69 Å². The first kappa shape index (κ1) is 24.5. The summed E-state index contributed by atoms with van der Waals surface area (Å²) in [6.45, 7) is 2.07. The number of hydrogen-bond acceptors (Lipinski definition) is 4. The molecule has 1 amide bonds. The molecule has 0 aromatic heterocycles. The zero-order valence-electron chi connectivity index (χ0n) is 18.4. The van der Waals surface area contributed by atoms with E-state index >= 15 is 0 Å². The Hall–Kier alpha value is -4.14. The number of amides is 1. The molecule has 9 heteroatoms. The van der Waals surface area contributed by atoms with Crippen molar-refractivity contribution in [1.29, 1.82) is 0 Å². The van der Waals surface area contributed by atoms with E-state index in [1.165, 1.54) is 10.5 Å². The van der Waals surface area contributed by atoms with Gasteiger partial charge < -0.3 is 10.8 Å². The van der Waals surface area contributed by atoms with Crippen LogP contribution in [0.2, 0.25) is 0 Å². The van der Waals surface area contributed by atoms with Gasteiger partial charge in [0, 0.05) is 7.05 Å². The van der Waals surface area contributed by atoms with Gasteiger partial charge >= 0.3 is 12.1 Å². The second-order valence-electron chi connectivity index (χ2n) is 7.66. The summed E-state index contributed by atoms with van der Waals surface area (Å²) in [6.07, 6.45) is -5.08. The van der Waals surface area contributed by atoms with E-state index in [2.05, 4.69) is 30.1 Å². The molecule has 0 fully saturated rings. The molecule has 0 saturated carbocycles. The van der Waals surface area contributed by atoms with Gasteiger partial charge in [0.2, 0.25) is 0 Å². The Labute approximate surface area is 194 Å². The molecule has 6 nitrogen and oxygen atoms in total. The van der Waals surface area contributed by atoms with Gasteiger partial charge in [-0.2, -0.15) is 13.2 Å². The zero-order valence-corrected chi connectivity index (χ0v) is 18.4. The van der Waals surface area contributed by atoms with Crippen molar-refractivity contribution in [2.45, 2.75) is 18.6 Å². The number of carboxylic acid groups (broad SMARTS) is 1. The third kappa shape index (κ3) is 4.78. The average Bonchev–Trinajstić information content (AvgIpc) is 3.04. The average molecular weight is 469 g/mol. The maximum atomic E-state index is 13.3. The zero-order chi connectivity index (χ0) is 25.1. The van der Waals surface area contributed by atoms with E-state index < -0.39 is 17.7 Å². The lowest BCUT2D eigenvalue weighted by Gasteiger charge is -2.26. The van der Waals surface area contributed by atoms with Gasteiger partial charge in [-0.1, -0.05) is 78.4 Å². The number of aliphatic carboxylic acids is 1. The van der Waals surface area contributed by atoms with E-state index in [0.717, 1.165) is 22.3 Å². The van der Waals surface area contributed by atoms with Gasteiger partial charge in [-0.25, -0.2) is 9.79 Å². The van der Waals surface area contributed by atoms with Crippen LogP contribution in [0.1, 0.15) is 16.7 Å². The molecule has 1 aliphatic rings. The molecule has 0 bridgehead atoms. The Morgan fingerprint density at radius 2 is 1.47 bits per heavy atom. The molecule has 0 spiro atoms. The van der Waals surface area contributed by atoms with Crippen LogP contribution in [-0.2, 0) is 15.1 Å². The molecule has 3 aromatic rings. The van der Waals surface area contributed by atoms with Crippen LogP contribution in [0.5, 0.6) is 0 Å². The van der Waals surface area contributed by atoms with Crippen LogP contribution in [0, 0.1) is 6.92 Å². The smallest absolute Gasteiger partial charge is 0.475 e. The lowest BCUT2D eigenvalue weighted by Crippen LogP contribution is -2.41. The molecule has 0 radical (unpaired) electrons. The molecule has 4 rings (SSSR count). The number of nitrogens with two attached hydrogens (primary N) is 1. The van der Waals surface area contributed by atoms with Gasteiger partial charge in [0.25, 0.3) is 5.91 Å². The fraction of sp³-hybridized carbons (Fsp3) is 0.160. The van der Waals surface area contributed by atoms with E-state index in [0.29, 0.717) is 0 Å². The first-order valence-electron chi connectivity index (χ1n) is 10.1. The third-order valence-electron chi connectivity index (χ3n) is 5.31. The lowest BCUT2D eigenvalue weighted by atomic mass is 9.81. The van der Waals surface area contributed by atoms with E-state index in [-0.39, 0.29) is 11.9 Å². The summed E-state index contributed by atoms with van der Waals surface area (Å²) in [7, 11) is 1.66. The number of likely N-dealkylation sites (N-methyl/N-ethyl adjacent to an activating group) is 1. The van der Waals surface area contributed by atoms with Crippen LogP contribution in [0.25, 0.3) is 11.1 Å². The number of aliphatic imine (C=N–C) groups is 1. The quantitative estimate of drug-likeness (QED) is 0.597. The number of guanidine groups is 1. The van der Waals surface area contributed by atoms with Crippen molar-refractivity contribution in [1.82, 2.24) is 4.90 Å². The van der Waals surface area contributed by atoms with Crippen LogP contribution < -0.4 is 5.73 Å². The molecule has 0 saturated heterocycles. The maximum absolute atomic E-state index is 13.3. The van der Waals surface area contributed by atoms with Crippen molar-refractivity contribution in [3.63, 3.8) is 0 Å². The van der Waals surface area contributed by atoms with Crippen molar-refractivity contribution in [2.24, 2.45) is 10.7 Å². The Balaban J connectivity index is 0.000000406. The van der Waals surface area contributed by atoms with Gasteiger partial charge in [0.15, 0.2) is 11.5 Å². The molecule has 176 valence electrons. The second kappa shape index (κ2) is 9.38. The summed E-state index contributed by atoms with van der Waals surface area (Å²) < 4.78 is 31.7. The van der Waals surface area contributed by atoms with E-state index in [4.69, 9.17) is 15.6 Å². The highest BCUT2D eigenvalue weighted by atomic mass is 19.4. The Morgan fingerprint density at radius 1 is 0.941 bits per heavy atom. The standard InChI is InChI=1S/C23H21N3O.C2HF3O2/c1-16-8-6-9-17(14-16)18-10-7-13-20(15-18)23(19-11-4-3-5-12-19)21(27)26(2)22(24)25-23;3-2(4,5)1(6)7/h3-15H,1-2H3,(H2,24,25);(H,6,7). The van der Waals surface area contributed by atoms with Crippen molar-refractivity contribution in [2.75, 3.05) is 7.05 Å². The predicted molar refractivity (Wildman–Crippen MR) is 122 cm³/mol. The largest absolute Gasteiger partial charge is 0.490 e. The number of benzene rings is 3. The summed E-state index contributed by atoms with van der Waals surface area (Å²) in [5.41, 5.74) is 9.85. The Morgan fingerprint density at radius 3 is 1.97 bits per heavy atom. The maximum Gasteiger partial charge on any atom is 0.490 e. The number of alkyl halides is 3. The lowest BCUT2D eigenvalue weighted by molar-refractivity contribution is -0.192. The predicted octanol–water partition coefficient (Wildman–Crippen LogP) is 4.33. The molecule has 1 aliphatic heterocycles. The molecular weight excluding hydrogens is 447 g/mol. The number of hydrogen-bond donors (Lipinski definition) is 2. The molecule has 1 atom stereocenters. The first-order valence-corrected chi connectivity index (χ1v) is 10.1. The fourth-order valence-corrected chi connectivity index (χ4v) is 3.61. The third-order valence-corrected chi connectivity index (χ3v) is 5.31. The topological polar surface area (TPSA) is 96.0 Å². The minimum atomic E-state index is -5.08. The molecular formula is C25H22F3N3O3. The van der Waals surface area contributed by atoms with Gasteiger partial charge in [0.05, 0.1) is 0 Å². The monoisotopic (exact) mass is 469 g/mol. The van der Waals surface area contributed by atoms with Crippen LogP contribution in [0.15, 0.2) is 83.9 Å². The highest BCUT2D eigenvalue weighted by Crippen LogP contribution is 2.40. The number of aryl methyl sites for hydroxylation is 1. The number of carboxylic acids is 1. The van der Waals surface area contributed by atoms with Gasteiger partial charge in [0.1, 0.15) is 0 Å². The number of rotatable bonds is 3. The van der Waals surface area contributed by atoms with Crippen molar-refractivity contribution in [3.8, 4) is 11.1 Å². The van der Waals surface area contributed by atoms with Gasteiger partial charge in [-0.15, -0.1) is 0 Å². The van der Waals surface area contributed by atoms with E-state index in [1.54, 1.807) is 7.05 Å². The number of nitrogens with zero attached hydrogens (tertiary/aromatic N) is 2. The van der Waals surface area contributed by atoms with Crippen LogP contribution in [-0.4, -0.2) is 41.1 Å². The minimum absolute atomic E-state index is 0.146. The van der Waals surface area contributed by atoms with Crippen molar-refractivity contribution >= 4 is 17.8 Å². The normalized spacial score (nSPS) is 17.6. The minimum Gasteiger partial charge on any atom is -0.475 e. The second-order valence-corrected chi connectivity index (χ2v) is 7.66. The van der Waals surface area contributed by atoms with Crippen LogP contribution in [0.4, 0.5) is 13.2 Å². The molecule has 1 unspecified atom stereocenters. The number of carbonyl (C=O) groups is 2. The highest BCUT2D eigenvalue weighted by molar-refractivity contribution is 6.09. The molecule has 3 aromatic carbocycles. The molecule has 3 N–H and O–H groups in total. The first-order chi connectivity index (χ1) is 16.0. The van der Waals surface area contributed by atoms with Crippen LogP contribution >= 0.6 is 0 Å². The molecule has 1 heterocycles. The summed E-state index contributed by atoms with van der Waals surface area (Å²) in [4.78, 5) is 28.2. The summed E-state index contributed by atoms with van der Waals surface area (Å²) >= 11 is 0. The van der Waals surface area contributed by atoms with E-state index in [1.807, 2.05) is 60.7 Å². The van der Waals surface area contributed by atoms with Gasteiger partial charge in [-0.05, 0) is 35.2 Å². The number of halogens is 3. The SMILES string of the molecule is Cc1cccc(-c2cccc(C3(c4ccccc4)N=C(N)N(C)C3=O)c2)c1.O=C(O)C(F)(F)F. The summed E-state index contributed by atoms with van der Waals surface area (Å²) in [6, 6.07) is 25.9. The summed E-state index contributed by atoms with van der Waals surface area (Å²) in [5.74, 6) is -2.68. The fourth-order valence-electron chi connectivity index (χ4n) is 3.61.